The second kappa shape index (κ2) is 9.17. The number of rotatable bonds is 6. The van der Waals surface area contributed by atoms with E-state index < -0.39 is 0 Å². The van der Waals surface area contributed by atoms with Crippen molar-refractivity contribution in [1.29, 1.82) is 0 Å². The van der Waals surface area contributed by atoms with Crippen LogP contribution >= 0.6 is 78.3 Å². The Morgan fingerprint density at radius 3 is 1.43 bits per heavy atom. The van der Waals surface area contributed by atoms with Gasteiger partial charge in [-0.25, -0.2) is 0 Å². The summed E-state index contributed by atoms with van der Waals surface area (Å²) in [5.74, 6) is 0.924. The summed E-state index contributed by atoms with van der Waals surface area (Å²) >= 11 is 31.9. The predicted molar refractivity (Wildman–Crippen MR) is 108 cm³/mol. The highest BCUT2D eigenvalue weighted by molar-refractivity contribution is 9.09. The van der Waals surface area contributed by atoms with Crippen molar-refractivity contribution in [3.8, 4) is 11.5 Å². The minimum absolute atomic E-state index is 0.462. The molecule has 23 heavy (non-hydrogen) atoms. The fourth-order valence-electron chi connectivity index (χ4n) is 2.07. The molecule has 0 aliphatic rings. The zero-order valence-electron chi connectivity index (χ0n) is 11.8. The van der Waals surface area contributed by atoms with E-state index in [1.165, 1.54) is 0 Å². The third kappa shape index (κ3) is 5.17. The molecule has 0 aliphatic carbocycles. The highest BCUT2D eigenvalue weighted by Gasteiger charge is 2.15. The molecule has 0 unspecified atom stereocenters. The highest BCUT2D eigenvalue weighted by Crippen LogP contribution is 2.40. The first-order valence-corrected chi connectivity index (χ1v) is 10.5. The molecule has 0 aromatic heterocycles. The molecule has 0 bridgehead atoms. The van der Waals surface area contributed by atoms with Gasteiger partial charge in [0, 0.05) is 32.8 Å². The minimum atomic E-state index is 0.462. The van der Waals surface area contributed by atoms with Gasteiger partial charge in [0.25, 0.3) is 0 Å². The first-order chi connectivity index (χ1) is 11.0. The monoisotopic (exact) mass is 518 g/mol. The maximum absolute atomic E-state index is 6.41. The molecule has 0 heterocycles. The van der Waals surface area contributed by atoms with Crippen molar-refractivity contribution in [1.82, 2.24) is 0 Å². The normalized spacial score (nSPS) is 10.9. The first kappa shape index (κ1) is 19.7. The Morgan fingerprint density at radius 2 is 1.09 bits per heavy atom. The van der Waals surface area contributed by atoms with E-state index in [4.69, 9.17) is 51.1 Å². The van der Waals surface area contributed by atoms with Crippen LogP contribution in [0.3, 0.4) is 0 Å². The van der Waals surface area contributed by atoms with Crippen molar-refractivity contribution in [3.05, 3.63) is 55.5 Å². The Bertz CT molecular complexity index is 647. The molecule has 124 valence electrons. The van der Waals surface area contributed by atoms with Gasteiger partial charge in [-0.1, -0.05) is 78.3 Å². The summed E-state index contributed by atoms with van der Waals surface area (Å²) < 4.78 is 5.91. The fraction of sp³-hybridized carbons (Fsp3) is 0.250. The summed E-state index contributed by atoms with van der Waals surface area (Å²) in [4.78, 5) is 0. The van der Waals surface area contributed by atoms with Crippen LogP contribution in [0.5, 0.6) is 11.5 Å². The van der Waals surface area contributed by atoms with Crippen LogP contribution < -0.4 is 4.74 Å². The van der Waals surface area contributed by atoms with E-state index in [1.54, 1.807) is 12.1 Å². The van der Waals surface area contributed by atoms with E-state index in [2.05, 4.69) is 31.9 Å². The zero-order chi connectivity index (χ0) is 17.0. The van der Waals surface area contributed by atoms with Gasteiger partial charge in [0.15, 0.2) is 0 Å². The molecule has 0 spiro atoms. The number of aryl methyl sites for hydroxylation is 2. The van der Waals surface area contributed by atoms with Crippen molar-refractivity contribution in [3.63, 3.8) is 0 Å². The van der Waals surface area contributed by atoms with Gasteiger partial charge in [0.2, 0.25) is 0 Å². The van der Waals surface area contributed by atoms with Crippen LogP contribution in [0, 0.1) is 0 Å². The maximum atomic E-state index is 6.41. The molecule has 0 aliphatic heterocycles. The summed E-state index contributed by atoms with van der Waals surface area (Å²) in [7, 11) is 0. The molecule has 1 nitrogen and oxygen atoms in total. The third-order valence-corrected chi connectivity index (χ3v) is 5.19. The van der Waals surface area contributed by atoms with E-state index >= 15 is 0 Å². The molecule has 0 atom stereocenters. The van der Waals surface area contributed by atoms with E-state index in [0.717, 1.165) is 34.6 Å². The Morgan fingerprint density at radius 1 is 0.696 bits per heavy atom. The third-order valence-electron chi connectivity index (χ3n) is 3.11. The Kier molecular flexibility index (Phi) is 7.84. The smallest absolute Gasteiger partial charge is 0.147 e. The molecular weight excluding hydrogens is 510 g/mol. The summed E-state index contributed by atoms with van der Waals surface area (Å²) in [5, 5.41) is 3.71. The number of ether oxygens (including phenoxy) is 1. The molecule has 0 amide bonds. The minimum Gasteiger partial charge on any atom is -0.454 e. The largest absolute Gasteiger partial charge is 0.454 e. The Hall–Kier alpha value is 0.360. The topological polar surface area (TPSA) is 9.23 Å². The molecule has 0 saturated carbocycles. The fourth-order valence-corrected chi connectivity index (χ4v) is 3.87. The van der Waals surface area contributed by atoms with Crippen LogP contribution in [0.1, 0.15) is 11.1 Å². The lowest BCUT2D eigenvalue weighted by Crippen LogP contribution is -1.95. The molecule has 0 fully saturated rings. The highest BCUT2D eigenvalue weighted by atomic mass is 79.9. The van der Waals surface area contributed by atoms with Crippen LogP contribution in [-0.2, 0) is 12.8 Å². The van der Waals surface area contributed by atoms with Gasteiger partial charge in [0.1, 0.15) is 11.5 Å². The zero-order valence-corrected chi connectivity index (χ0v) is 18.0. The second-order valence-corrected chi connectivity index (χ2v) is 7.95. The molecule has 7 heteroatoms. The Labute approximate surface area is 172 Å². The summed E-state index contributed by atoms with van der Waals surface area (Å²) in [6.45, 7) is 0. The number of alkyl halides is 2. The maximum Gasteiger partial charge on any atom is 0.147 e. The van der Waals surface area contributed by atoms with Crippen LogP contribution in [0.25, 0.3) is 0 Å². The number of hydrogen-bond acceptors (Lipinski definition) is 1. The predicted octanol–water partition coefficient (Wildman–Crippen LogP) is 7.97. The van der Waals surface area contributed by atoms with E-state index in [0.29, 0.717) is 31.6 Å². The molecule has 0 radical (unpaired) electrons. The quantitative estimate of drug-likeness (QED) is 0.350. The van der Waals surface area contributed by atoms with E-state index in [-0.39, 0.29) is 0 Å². The van der Waals surface area contributed by atoms with Gasteiger partial charge in [0.05, 0.1) is 10.0 Å². The lowest BCUT2D eigenvalue weighted by atomic mass is 10.1. The standard InChI is InChI=1S/C16H12Br2Cl4O/c17-3-1-9-5-11(19)7-13(15(9)21)23-14-8-12(20)6-10(2-4-18)16(14)22/h5-8H,1-4H2. The van der Waals surface area contributed by atoms with Crippen LogP contribution in [-0.4, -0.2) is 10.7 Å². The summed E-state index contributed by atoms with van der Waals surface area (Å²) in [6.07, 6.45) is 1.49. The van der Waals surface area contributed by atoms with Crippen molar-refractivity contribution in [2.45, 2.75) is 12.8 Å². The summed E-state index contributed by atoms with van der Waals surface area (Å²) in [5.41, 5.74) is 1.81. The number of benzene rings is 2. The van der Waals surface area contributed by atoms with E-state index in [9.17, 15) is 0 Å². The molecule has 0 saturated heterocycles. The molecule has 0 N–H and O–H groups in total. The van der Waals surface area contributed by atoms with Gasteiger partial charge in [-0.3, -0.25) is 0 Å². The van der Waals surface area contributed by atoms with Crippen molar-refractivity contribution >= 4 is 78.3 Å². The van der Waals surface area contributed by atoms with Crippen LogP contribution in [0.2, 0.25) is 20.1 Å². The average Bonchev–Trinajstić information content (AvgIpc) is 2.49. The van der Waals surface area contributed by atoms with Gasteiger partial charge >= 0.3 is 0 Å². The van der Waals surface area contributed by atoms with Gasteiger partial charge in [-0.15, -0.1) is 0 Å². The number of hydrogen-bond donors (Lipinski definition) is 0. The SMILES string of the molecule is Clc1cc(CCBr)c(Cl)c(Oc2cc(Cl)cc(CCBr)c2Cl)c1. The van der Waals surface area contributed by atoms with Crippen molar-refractivity contribution in [2.75, 3.05) is 10.7 Å². The van der Waals surface area contributed by atoms with Gasteiger partial charge in [-0.05, 0) is 36.1 Å². The van der Waals surface area contributed by atoms with Gasteiger partial charge in [-0.2, -0.15) is 0 Å². The average molecular weight is 522 g/mol. The van der Waals surface area contributed by atoms with Crippen LogP contribution in [0.4, 0.5) is 0 Å². The molecule has 2 aromatic carbocycles. The van der Waals surface area contributed by atoms with Crippen LogP contribution in [0.15, 0.2) is 24.3 Å². The number of halogens is 6. The van der Waals surface area contributed by atoms with Crippen molar-refractivity contribution in [2.24, 2.45) is 0 Å². The summed E-state index contributed by atoms with van der Waals surface area (Å²) in [6, 6.07) is 6.99. The lowest BCUT2D eigenvalue weighted by molar-refractivity contribution is 0.482. The van der Waals surface area contributed by atoms with Gasteiger partial charge < -0.3 is 4.74 Å². The van der Waals surface area contributed by atoms with E-state index in [1.807, 2.05) is 12.1 Å². The first-order valence-electron chi connectivity index (χ1n) is 6.72. The molecule has 2 rings (SSSR count). The van der Waals surface area contributed by atoms with Crippen molar-refractivity contribution < 1.29 is 4.74 Å². The lowest BCUT2D eigenvalue weighted by Gasteiger charge is -2.14. The second-order valence-electron chi connectivity index (χ2n) is 4.73. The Balaban J connectivity index is 2.43. The molecular formula is C16H12Br2Cl4O. The molecule has 2 aromatic rings.